The maximum absolute atomic E-state index is 13.6. The van der Waals surface area contributed by atoms with Crippen molar-refractivity contribution in [3.05, 3.63) is 34.1 Å². The molecule has 104 valence electrons. The van der Waals surface area contributed by atoms with Crippen molar-refractivity contribution < 1.29 is 9.13 Å². The van der Waals surface area contributed by atoms with Crippen LogP contribution in [0.1, 0.15) is 31.2 Å². The van der Waals surface area contributed by atoms with Crippen molar-refractivity contribution in [3.8, 4) is 0 Å². The number of halogens is 2. The van der Waals surface area contributed by atoms with Gasteiger partial charge < -0.3 is 4.74 Å². The number of fused-ring (bicyclic) bond motifs is 1. The lowest BCUT2D eigenvalue weighted by molar-refractivity contribution is -0.0911. The summed E-state index contributed by atoms with van der Waals surface area (Å²) in [4.78, 5) is 2.47. The van der Waals surface area contributed by atoms with Crippen molar-refractivity contribution in [2.45, 2.75) is 44.4 Å². The van der Waals surface area contributed by atoms with Crippen molar-refractivity contribution >= 4 is 15.9 Å². The van der Waals surface area contributed by atoms with E-state index in [0.717, 1.165) is 25.3 Å². The summed E-state index contributed by atoms with van der Waals surface area (Å²) in [6, 6.07) is 5.79. The predicted molar refractivity (Wildman–Crippen MR) is 76.5 cm³/mol. The van der Waals surface area contributed by atoms with E-state index in [-0.39, 0.29) is 5.82 Å². The van der Waals surface area contributed by atoms with E-state index in [0.29, 0.717) is 16.6 Å². The molecule has 2 fully saturated rings. The van der Waals surface area contributed by atoms with Crippen LogP contribution in [0.4, 0.5) is 4.39 Å². The minimum absolute atomic E-state index is 0.175. The summed E-state index contributed by atoms with van der Waals surface area (Å²) in [5.74, 6) is -0.175. The van der Waals surface area contributed by atoms with Gasteiger partial charge in [0.15, 0.2) is 0 Å². The van der Waals surface area contributed by atoms with Gasteiger partial charge in [-0.05, 0) is 40.4 Å². The molecule has 2 nitrogen and oxygen atoms in total. The Morgan fingerprint density at radius 3 is 3.05 bits per heavy atom. The van der Waals surface area contributed by atoms with Crippen LogP contribution >= 0.6 is 15.9 Å². The van der Waals surface area contributed by atoms with E-state index in [2.05, 4.69) is 20.8 Å². The summed E-state index contributed by atoms with van der Waals surface area (Å²) in [7, 11) is 0. The van der Waals surface area contributed by atoms with Crippen LogP contribution in [0, 0.1) is 5.82 Å². The van der Waals surface area contributed by atoms with E-state index in [1.165, 1.54) is 31.7 Å². The Hall–Kier alpha value is -0.450. The Balaban J connectivity index is 1.76. The van der Waals surface area contributed by atoms with Gasteiger partial charge in [-0.1, -0.05) is 25.0 Å². The highest BCUT2D eigenvalue weighted by atomic mass is 79.9. The zero-order valence-corrected chi connectivity index (χ0v) is 12.5. The molecule has 2 unspecified atom stereocenters. The first-order chi connectivity index (χ1) is 9.25. The van der Waals surface area contributed by atoms with Crippen molar-refractivity contribution in [2.75, 3.05) is 13.2 Å². The average Bonchev–Trinajstić information content (AvgIpc) is 2.44. The number of morpholine rings is 1. The smallest absolute Gasteiger partial charge is 0.137 e. The van der Waals surface area contributed by atoms with Gasteiger partial charge in [0.05, 0.1) is 17.2 Å². The lowest BCUT2D eigenvalue weighted by Gasteiger charge is -2.44. The van der Waals surface area contributed by atoms with Gasteiger partial charge in [0.1, 0.15) is 5.82 Å². The molecule has 1 saturated heterocycles. The normalized spacial score (nSPS) is 28.1. The van der Waals surface area contributed by atoms with Crippen LogP contribution in [0.2, 0.25) is 0 Å². The molecule has 0 spiro atoms. The molecule has 1 aromatic carbocycles. The number of hydrogen-bond donors (Lipinski definition) is 0. The molecule has 1 saturated carbocycles. The Bertz CT molecular complexity index is 452. The van der Waals surface area contributed by atoms with Gasteiger partial charge in [0.25, 0.3) is 0 Å². The molecule has 1 aliphatic carbocycles. The molecule has 1 heterocycles. The molecule has 0 amide bonds. The predicted octanol–water partition coefficient (Wildman–Crippen LogP) is 3.73. The molecule has 1 aliphatic heterocycles. The Kier molecular flexibility index (Phi) is 4.20. The van der Waals surface area contributed by atoms with E-state index in [1.807, 2.05) is 6.07 Å². The summed E-state index contributed by atoms with van der Waals surface area (Å²) in [6.45, 7) is 2.56. The van der Waals surface area contributed by atoms with Crippen molar-refractivity contribution in [3.63, 3.8) is 0 Å². The molecule has 19 heavy (non-hydrogen) atoms. The standard InChI is InChI=1S/C15H19BrFNO/c16-15-11(4-3-5-12(15)17)10-18-8-9-19-14-7-2-1-6-13(14)18/h3-5,13-14H,1-2,6-10H2. The van der Waals surface area contributed by atoms with Crippen LogP contribution in [-0.4, -0.2) is 30.2 Å². The molecule has 1 aromatic rings. The Morgan fingerprint density at radius 2 is 2.16 bits per heavy atom. The van der Waals surface area contributed by atoms with Crippen LogP contribution in [0.5, 0.6) is 0 Å². The number of benzene rings is 1. The topological polar surface area (TPSA) is 12.5 Å². The monoisotopic (exact) mass is 327 g/mol. The van der Waals surface area contributed by atoms with E-state index in [9.17, 15) is 4.39 Å². The minimum Gasteiger partial charge on any atom is -0.375 e. The van der Waals surface area contributed by atoms with Gasteiger partial charge in [-0.3, -0.25) is 4.90 Å². The fourth-order valence-corrected chi connectivity index (χ4v) is 3.65. The molecule has 2 atom stereocenters. The number of hydrogen-bond acceptors (Lipinski definition) is 2. The highest BCUT2D eigenvalue weighted by molar-refractivity contribution is 9.10. The lowest BCUT2D eigenvalue weighted by atomic mass is 9.90. The minimum atomic E-state index is -0.175. The molecule has 0 N–H and O–H groups in total. The van der Waals surface area contributed by atoms with E-state index < -0.39 is 0 Å². The fourth-order valence-electron chi connectivity index (χ4n) is 3.26. The summed E-state index contributed by atoms with van der Waals surface area (Å²) < 4.78 is 20.1. The quantitative estimate of drug-likeness (QED) is 0.820. The summed E-state index contributed by atoms with van der Waals surface area (Å²) in [6.07, 6.45) is 5.32. The molecular formula is C15H19BrFNO. The van der Waals surface area contributed by atoms with Crippen molar-refractivity contribution in [1.82, 2.24) is 4.90 Å². The van der Waals surface area contributed by atoms with Crippen molar-refractivity contribution in [1.29, 1.82) is 0 Å². The van der Waals surface area contributed by atoms with E-state index >= 15 is 0 Å². The maximum atomic E-state index is 13.6. The number of ether oxygens (including phenoxy) is 1. The Morgan fingerprint density at radius 1 is 1.32 bits per heavy atom. The fraction of sp³-hybridized carbons (Fsp3) is 0.600. The van der Waals surface area contributed by atoms with Crippen LogP contribution in [0.25, 0.3) is 0 Å². The molecular weight excluding hydrogens is 309 g/mol. The van der Waals surface area contributed by atoms with Crippen LogP contribution in [-0.2, 0) is 11.3 Å². The summed E-state index contributed by atoms with van der Waals surface area (Å²) in [5.41, 5.74) is 1.03. The van der Waals surface area contributed by atoms with Gasteiger partial charge >= 0.3 is 0 Å². The average molecular weight is 328 g/mol. The first kappa shape index (κ1) is 13.5. The summed E-state index contributed by atoms with van der Waals surface area (Å²) in [5, 5.41) is 0. The van der Waals surface area contributed by atoms with Crippen LogP contribution in [0.3, 0.4) is 0 Å². The van der Waals surface area contributed by atoms with Gasteiger partial charge in [0, 0.05) is 19.1 Å². The molecule has 2 aliphatic rings. The zero-order chi connectivity index (χ0) is 13.2. The molecule has 0 bridgehead atoms. The van der Waals surface area contributed by atoms with Gasteiger partial charge in [-0.2, -0.15) is 0 Å². The van der Waals surface area contributed by atoms with Crippen LogP contribution in [0.15, 0.2) is 22.7 Å². The third-order valence-electron chi connectivity index (χ3n) is 4.25. The summed E-state index contributed by atoms with van der Waals surface area (Å²) >= 11 is 3.36. The molecule has 0 radical (unpaired) electrons. The zero-order valence-electron chi connectivity index (χ0n) is 10.9. The van der Waals surface area contributed by atoms with Gasteiger partial charge in [-0.25, -0.2) is 4.39 Å². The number of nitrogens with zero attached hydrogens (tertiary/aromatic N) is 1. The van der Waals surface area contributed by atoms with Crippen LogP contribution < -0.4 is 0 Å². The molecule has 4 heteroatoms. The maximum Gasteiger partial charge on any atom is 0.137 e. The molecule has 3 rings (SSSR count). The second kappa shape index (κ2) is 5.90. The first-order valence-corrected chi connectivity index (χ1v) is 7.83. The van der Waals surface area contributed by atoms with E-state index in [4.69, 9.17) is 4.74 Å². The van der Waals surface area contributed by atoms with Gasteiger partial charge in [0.2, 0.25) is 0 Å². The highest BCUT2D eigenvalue weighted by Gasteiger charge is 2.34. The third kappa shape index (κ3) is 2.86. The second-order valence-corrected chi connectivity index (χ2v) is 6.24. The Labute approximate surface area is 122 Å². The third-order valence-corrected chi connectivity index (χ3v) is 5.14. The van der Waals surface area contributed by atoms with Gasteiger partial charge in [-0.15, -0.1) is 0 Å². The molecule has 0 aromatic heterocycles. The largest absolute Gasteiger partial charge is 0.375 e. The first-order valence-electron chi connectivity index (χ1n) is 7.04. The highest BCUT2D eigenvalue weighted by Crippen LogP contribution is 2.31. The van der Waals surface area contributed by atoms with E-state index in [1.54, 1.807) is 6.07 Å². The lowest BCUT2D eigenvalue weighted by Crippen LogP contribution is -2.52. The number of rotatable bonds is 2. The SMILES string of the molecule is Fc1cccc(CN2CCOC3CCCCC32)c1Br. The second-order valence-electron chi connectivity index (χ2n) is 5.44. The van der Waals surface area contributed by atoms with Crippen molar-refractivity contribution in [2.24, 2.45) is 0 Å².